The number of rotatable bonds is 5. The molecule has 23 heavy (non-hydrogen) atoms. The molecular weight excluding hydrogens is 314 g/mol. The Balaban J connectivity index is 2.26. The van der Waals surface area contributed by atoms with Gasteiger partial charge in [-0.25, -0.2) is 8.42 Å². The maximum atomic E-state index is 13.0. The molecule has 0 aliphatic carbocycles. The van der Waals surface area contributed by atoms with E-state index in [9.17, 15) is 13.2 Å². The van der Waals surface area contributed by atoms with E-state index in [0.29, 0.717) is 18.7 Å². The van der Waals surface area contributed by atoms with Crippen LogP contribution in [0.2, 0.25) is 0 Å². The third kappa shape index (κ3) is 4.31. The number of hydrogen-bond acceptors (Lipinski definition) is 4. The minimum atomic E-state index is -3.47. The van der Waals surface area contributed by atoms with E-state index in [4.69, 9.17) is 0 Å². The van der Waals surface area contributed by atoms with E-state index in [1.54, 1.807) is 17.0 Å². The van der Waals surface area contributed by atoms with Crippen molar-refractivity contribution < 1.29 is 13.2 Å². The Morgan fingerprint density at radius 1 is 1.17 bits per heavy atom. The van der Waals surface area contributed by atoms with E-state index < -0.39 is 16.1 Å². The van der Waals surface area contributed by atoms with Crippen molar-refractivity contribution in [3.05, 3.63) is 35.9 Å². The number of hydrogen-bond donors (Lipinski definition) is 0. The highest BCUT2D eigenvalue weighted by atomic mass is 32.2. The molecule has 0 N–H and O–H groups in total. The normalized spacial score (nSPS) is 18.2. The molecule has 1 atom stereocenters. The SMILES string of the molecule is CCN1CCN(C(=O)[C@@H](c2ccccc2)N(C)S(C)(=O)=O)CC1. The van der Waals surface area contributed by atoms with Crippen LogP contribution in [0.15, 0.2) is 30.3 Å². The van der Waals surface area contributed by atoms with E-state index in [2.05, 4.69) is 11.8 Å². The molecule has 0 radical (unpaired) electrons. The van der Waals surface area contributed by atoms with Gasteiger partial charge in [0.25, 0.3) is 0 Å². The Labute approximate surface area is 138 Å². The zero-order valence-corrected chi connectivity index (χ0v) is 14.8. The van der Waals surface area contributed by atoms with E-state index in [-0.39, 0.29) is 5.91 Å². The summed E-state index contributed by atoms with van der Waals surface area (Å²) in [5.74, 6) is -0.153. The number of sulfonamides is 1. The number of carbonyl (C=O) groups excluding carboxylic acids is 1. The molecule has 1 heterocycles. The van der Waals surface area contributed by atoms with Crippen molar-refractivity contribution in [1.82, 2.24) is 14.1 Å². The molecule has 1 amide bonds. The highest BCUT2D eigenvalue weighted by Gasteiger charge is 2.34. The molecule has 1 aliphatic rings. The van der Waals surface area contributed by atoms with Crippen LogP contribution in [0.1, 0.15) is 18.5 Å². The van der Waals surface area contributed by atoms with Crippen LogP contribution >= 0.6 is 0 Å². The van der Waals surface area contributed by atoms with Gasteiger partial charge >= 0.3 is 0 Å². The third-order valence-electron chi connectivity index (χ3n) is 4.37. The smallest absolute Gasteiger partial charge is 0.245 e. The number of nitrogens with zero attached hydrogens (tertiary/aromatic N) is 3. The van der Waals surface area contributed by atoms with Crippen LogP contribution in [0.3, 0.4) is 0 Å². The van der Waals surface area contributed by atoms with Gasteiger partial charge in [0.2, 0.25) is 15.9 Å². The number of benzene rings is 1. The quantitative estimate of drug-likeness (QED) is 0.795. The molecule has 0 aromatic heterocycles. The zero-order chi connectivity index (χ0) is 17.0. The Morgan fingerprint density at radius 2 is 1.74 bits per heavy atom. The summed E-state index contributed by atoms with van der Waals surface area (Å²) in [4.78, 5) is 17.0. The average molecular weight is 339 g/mol. The summed E-state index contributed by atoms with van der Waals surface area (Å²) in [6.45, 7) is 5.98. The van der Waals surface area contributed by atoms with Gasteiger partial charge in [-0.15, -0.1) is 0 Å². The van der Waals surface area contributed by atoms with Crippen LogP contribution in [0.5, 0.6) is 0 Å². The second-order valence-corrected chi connectivity index (χ2v) is 7.89. The predicted octanol–water partition coefficient (Wildman–Crippen LogP) is 0.783. The lowest BCUT2D eigenvalue weighted by molar-refractivity contribution is -0.137. The fraction of sp³-hybridized carbons (Fsp3) is 0.562. The standard InChI is InChI=1S/C16H25N3O3S/c1-4-18-10-12-19(13-11-18)16(20)15(17(2)23(3,21)22)14-8-6-5-7-9-14/h5-9,15H,4,10-13H2,1-3H3/t15-/m1/s1. The first-order valence-electron chi connectivity index (χ1n) is 7.83. The van der Waals surface area contributed by atoms with Crippen molar-refractivity contribution in [1.29, 1.82) is 0 Å². The maximum Gasteiger partial charge on any atom is 0.245 e. The lowest BCUT2D eigenvalue weighted by Gasteiger charge is -2.37. The second kappa shape index (κ2) is 7.42. The summed E-state index contributed by atoms with van der Waals surface area (Å²) in [5.41, 5.74) is 0.698. The van der Waals surface area contributed by atoms with Crippen molar-refractivity contribution in [2.24, 2.45) is 0 Å². The summed E-state index contributed by atoms with van der Waals surface area (Å²) >= 11 is 0. The van der Waals surface area contributed by atoms with E-state index >= 15 is 0 Å². The fourth-order valence-electron chi connectivity index (χ4n) is 2.79. The van der Waals surface area contributed by atoms with Crippen LogP contribution in [0, 0.1) is 0 Å². The highest BCUT2D eigenvalue weighted by Crippen LogP contribution is 2.24. The Morgan fingerprint density at radius 3 is 2.22 bits per heavy atom. The van der Waals surface area contributed by atoms with E-state index in [1.165, 1.54) is 7.05 Å². The number of piperazine rings is 1. The molecule has 7 heteroatoms. The van der Waals surface area contributed by atoms with Gasteiger partial charge < -0.3 is 9.80 Å². The lowest BCUT2D eigenvalue weighted by Crippen LogP contribution is -2.52. The average Bonchev–Trinajstić information content (AvgIpc) is 2.55. The largest absolute Gasteiger partial charge is 0.338 e. The Hall–Kier alpha value is -1.44. The summed E-state index contributed by atoms with van der Waals surface area (Å²) in [7, 11) is -2.01. The van der Waals surface area contributed by atoms with Crippen LogP contribution < -0.4 is 0 Å². The van der Waals surface area contributed by atoms with Crippen molar-refractivity contribution in [3.8, 4) is 0 Å². The van der Waals surface area contributed by atoms with Gasteiger partial charge in [-0.1, -0.05) is 37.3 Å². The zero-order valence-electron chi connectivity index (χ0n) is 14.0. The molecule has 1 aromatic rings. The van der Waals surface area contributed by atoms with Crippen LogP contribution in [0.25, 0.3) is 0 Å². The molecule has 1 saturated heterocycles. The predicted molar refractivity (Wildman–Crippen MR) is 90.5 cm³/mol. The summed E-state index contributed by atoms with van der Waals surface area (Å²) < 4.78 is 25.1. The lowest BCUT2D eigenvalue weighted by atomic mass is 10.1. The van der Waals surface area contributed by atoms with Crippen LogP contribution in [0.4, 0.5) is 0 Å². The third-order valence-corrected chi connectivity index (χ3v) is 5.62. The Kier molecular flexibility index (Phi) is 5.78. The molecule has 1 aromatic carbocycles. The van der Waals surface area contributed by atoms with Crippen molar-refractivity contribution >= 4 is 15.9 Å². The van der Waals surface area contributed by atoms with Crippen LogP contribution in [-0.4, -0.2) is 74.5 Å². The molecule has 0 unspecified atom stereocenters. The van der Waals surface area contributed by atoms with Gasteiger partial charge in [0, 0.05) is 33.2 Å². The minimum absolute atomic E-state index is 0.153. The molecule has 6 nitrogen and oxygen atoms in total. The van der Waals surface area contributed by atoms with Crippen molar-refractivity contribution in [2.45, 2.75) is 13.0 Å². The monoisotopic (exact) mass is 339 g/mol. The molecule has 2 rings (SSSR count). The highest BCUT2D eigenvalue weighted by molar-refractivity contribution is 7.88. The fourth-order valence-corrected chi connectivity index (χ4v) is 3.39. The summed E-state index contributed by atoms with van der Waals surface area (Å²) in [6.07, 6.45) is 1.13. The first-order chi connectivity index (χ1) is 10.8. The van der Waals surface area contributed by atoms with Gasteiger partial charge in [0.05, 0.1) is 6.26 Å². The molecule has 0 spiro atoms. The molecular formula is C16H25N3O3S. The second-order valence-electron chi connectivity index (χ2n) is 5.85. The Bertz CT molecular complexity index is 625. The number of amides is 1. The summed E-state index contributed by atoms with van der Waals surface area (Å²) in [6, 6.07) is 8.28. The first-order valence-corrected chi connectivity index (χ1v) is 9.68. The number of carbonyl (C=O) groups is 1. The molecule has 1 aliphatic heterocycles. The van der Waals surface area contributed by atoms with Gasteiger partial charge in [0.1, 0.15) is 6.04 Å². The molecule has 0 saturated carbocycles. The van der Waals surface area contributed by atoms with Gasteiger partial charge in [-0.3, -0.25) is 4.79 Å². The van der Waals surface area contributed by atoms with Gasteiger partial charge in [-0.05, 0) is 12.1 Å². The summed E-state index contributed by atoms with van der Waals surface area (Å²) in [5, 5.41) is 0. The van der Waals surface area contributed by atoms with Crippen molar-refractivity contribution in [2.75, 3.05) is 46.0 Å². The van der Waals surface area contributed by atoms with Crippen molar-refractivity contribution in [3.63, 3.8) is 0 Å². The molecule has 128 valence electrons. The minimum Gasteiger partial charge on any atom is -0.338 e. The topological polar surface area (TPSA) is 60.9 Å². The van der Waals surface area contributed by atoms with Gasteiger partial charge in [0.15, 0.2) is 0 Å². The van der Waals surface area contributed by atoms with Crippen LogP contribution in [-0.2, 0) is 14.8 Å². The van der Waals surface area contributed by atoms with E-state index in [0.717, 1.165) is 30.2 Å². The van der Waals surface area contributed by atoms with E-state index in [1.807, 2.05) is 18.2 Å². The number of likely N-dealkylation sites (N-methyl/N-ethyl adjacent to an activating group) is 2. The maximum absolute atomic E-state index is 13.0. The molecule has 0 bridgehead atoms. The molecule has 1 fully saturated rings. The first kappa shape index (κ1) is 17.9. The van der Waals surface area contributed by atoms with Gasteiger partial charge in [-0.2, -0.15) is 4.31 Å².